The summed E-state index contributed by atoms with van der Waals surface area (Å²) in [5, 5.41) is 19.2. The molecule has 0 aliphatic heterocycles. The molecule has 78 valence electrons. The number of aliphatic hydroxyl groups is 2. The maximum atomic E-state index is 9.68. The molecule has 0 unspecified atom stereocenters. The van der Waals surface area contributed by atoms with E-state index in [-0.39, 0.29) is 6.10 Å². The van der Waals surface area contributed by atoms with Crippen LogP contribution in [0, 0.1) is 5.92 Å². The van der Waals surface area contributed by atoms with Gasteiger partial charge in [-0.1, -0.05) is 12.8 Å². The van der Waals surface area contributed by atoms with E-state index in [2.05, 4.69) is 0 Å². The average molecular weight is 186 g/mol. The first-order valence-corrected chi connectivity index (χ1v) is 5.39. The molecule has 0 aromatic carbocycles. The summed E-state index contributed by atoms with van der Waals surface area (Å²) in [7, 11) is 0. The molecule has 0 bridgehead atoms. The van der Waals surface area contributed by atoms with E-state index in [0.29, 0.717) is 5.92 Å². The molecule has 2 N–H and O–H groups in total. The second-order valence-electron chi connectivity index (χ2n) is 4.96. The first kappa shape index (κ1) is 11.0. The fourth-order valence-electron chi connectivity index (χ4n) is 2.06. The Morgan fingerprint density at radius 3 is 2.38 bits per heavy atom. The van der Waals surface area contributed by atoms with Crippen molar-refractivity contribution < 1.29 is 10.2 Å². The zero-order valence-corrected chi connectivity index (χ0v) is 8.79. The number of hydrogen-bond acceptors (Lipinski definition) is 2. The van der Waals surface area contributed by atoms with Gasteiger partial charge >= 0.3 is 0 Å². The van der Waals surface area contributed by atoms with Crippen LogP contribution in [-0.2, 0) is 0 Å². The minimum atomic E-state index is -0.572. The number of aliphatic hydroxyl groups excluding tert-OH is 1. The van der Waals surface area contributed by atoms with E-state index in [4.69, 9.17) is 0 Å². The normalized spacial score (nSPS) is 30.5. The van der Waals surface area contributed by atoms with Gasteiger partial charge in [-0.05, 0) is 45.4 Å². The lowest BCUT2D eigenvalue weighted by Gasteiger charge is -2.29. The van der Waals surface area contributed by atoms with E-state index in [1.54, 1.807) is 0 Å². The third-order valence-corrected chi connectivity index (χ3v) is 3.00. The van der Waals surface area contributed by atoms with Gasteiger partial charge in [0.05, 0.1) is 11.7 Å². The van der Waals surface area contributed by atoms with Gasteiger partial charge in [-0.15, -0.1) is 0 Å². The van der Waals surface area contributed by atoms with Crippen molar-refractivity contribution in [3.63, 3.8) is 0 Å². The molecule has 2 atom stereocenters. The molecule has 0 aromatic rings. The molecular formula is C11H22O2. The molecule has 0 spiro atoms. The Morgan fingerprint density at radius 1 is 1.23 bits per heavy atom. The van der Waals surface area contributed by atoms with Gasteiger partial charge in [-0.2, -0.15) is 0 Å². The Kier molecular flexibility index (Phi) is 3.74. The molecule has 0 amide bonds. The van der Waals surface area contributed by atoms with Gasteiger partial charge in [0.2, 0.25) is 0 Å². The van der Waals surface area contributed by atoms with Crippen LogP contribution in [-0.4, -0.2) is 21.9 Å². The molecule has 0 saturated heterocycles. The lowest BCUT2D eigenvalue weighted by atomic mass is 9.82. The second kappa shape index (κ2) is 4.43. The number of rotatable bonds is 3. The average Bonchev–Trinajstić information content (AvgIpc) is 2.01. The number of hydrogen-bond donors (Lipinski definition) is 2. The summed E-state index contributed by atoms with van der Waals surface area (Å²) in [5.41, 5.74) is -0.572. The summed E-state index contributed by atoms with van der Waals surface area (Å²) >= 11 is 0. The topological polar surface area (TPSA) is 40.5 Å². The van der Waals surface area contributed by atoms with Crippen molar-refractivity contribution in [1.29, 1.82) is 0 Å². The van der Waals surface area contributed by atoms with Crippen LogP contribution in [0.3, 0.4) is 0 Å². The van der Waals surface area contributed by atoms with Gasteiger partial charge in [0.15, 0.2) is 0 Å². The molecule has 1 rings (SSSR count). The molecule has 0 heterocycles. The van der Waals surface area contributed by atoms with Crippen LogP contribution in [0.5, 0.6) is 0 Å². The molecule has 1 aliphatic rings. The third-order valence-electron chi connectivity index (χ3n) is 3.00. The molecule has 0 aromatic heterocycles. The summed E-state index contributed by atoms with van der Waals surface area (Å²) in [5.74, 6) is 0.431. The minimum Gasteiger partial charge on any atom is -0.393 e. The summed E-state index contributed by atoms with van der Waals surface area (Å²) < 4.78 is 0. The van der Waals surface area contributed by atoms with Crippen molar-refractivity contribution in [3.05, 3.63) is 0 Å². The van der Waals surface area contributed by atoms with Crippen molar-refractivity contribution in [1.82, 2.24) is 0 Å². The van der Waals surface area contributed by atoms with Crippen molar-refractivity contribution in [2.24, 2.45) is 5.92 Å². The largest absolute Gasteiger partial charge is 0.393 e. The molecule has 0 radical (unpaired) electrons. The molecule has 1 aliphatic carbocycles. The fourth-order valence-corrected chi connectivity index (χ4v) is 2.06. The Labute approximate surface area is 81.0 Å². The SMILES string of the molecule is CC(C)(O)CC[C@H]1CCCC[C@H]1O. The van der Waals surface area contributed by atoms with Crippen molar-refractivity contribution in [2.45, 2.75) is 64.1 Å². The Bertz CT molecular complexity index is 149. The van der Waals surface area contributed by atoms with E-state index >= 15 is 0 Å². The second-order valence-corrected chi connectivity index (χ2v) is 4.96. The van der Waals surface area contributed by atoms with E-state index in [1.807, 2.05) is 13.8 Å². The van der Waals surface area contributed by atoms with Crippen molar-refractivity contribution in [2.75, 3.05) is 0 Å². The Hall–Kier alpha value is -0.0800. The standard InChI is InChI=1S/C11H22O2/c1-11(2,13)8-7-9-5-3-4-6-10(9)12/h9-10,12-13H,3-8H2,1-2H3/t9-,10-/m1/s1. The highest BCUT2D eigenvalue weighted by atomic mass is 16.3. The van der Waals surface area contributed by atoms with E-state index in [0.717, 1.165) is 25.7 Å². The van der Waals surface area contributed by atoms with E-state index in [1.165, 1.54) is 12.8 Å². The maximum absolute atomic E-state index is 9.68. The molecule has 2 nitrogen and oxygen atoms in total. The highest BCUT2D eigenvalue weighted by Crippen LogP contribution is 2.29. The van der Waals surface area contributed by atoms with Crippen LogP contribution in [0.2, 0.25) is 0 Å². The summed E-state index contributed by atoms with van der Waals surface area (Å²) in [6, 6.07) is 0. The van der Waals surface area contributed by atoms with Gasteiger partial charge < -0.3 is 10.2 Å². The Morgan fingerprint density at radius 2 is 1.85 bits per heavy atom. The van der Waals surface area contributed by atoms with Gasteiger partial charge in [0.25, 0.3) is 0 Å². The lowest BCUT2D eigenvalue weighted by Crippen LogP contribution is -2.27. The molecule has 1 saturated carbocycles. The zero-order chi connectivity index (χ0) is 9.90. The maximum Gasteiger partial charge on any atom is 0.0591 e. The zero-order valence-electron chi connectivity index (χ0n) is 8.79. The molecule has 1 fully saturated rings. The fraction of sp³-hybridized carbons (Fsp3) is 1.00. The summed E-state index contributed by atoms with van der Waals surface area (Å²) in [6.45, 7) is 3.67. The van der Waals surface area contributed by atoms with E-state index < -0.39 is 5.60 Å². The quantitative estimate of drug-likeness (QED) is 0.708. The molecule has 2 heteroatoms. The summed E-state index contributed by atoms with van der Waals surface area (Å²) in [4.78, 5) is 0. The van der Waals surface area contributed by atoms with Crippen LogP contribution in [0.4, 0.5) is 0 Å². The first-order valence-electron chi connectivity index (χ1n) is 5.39. The van der Waals surface area contributed by atoms with Crippen LogP contribution < -0.4 is 0 Å². The monoisotopic (exact) mass is 186 g/mol. The highest BCUT2D eigenvalue weighted by molar-refractivity contribution is 4.77. The third kappa shape index (κ3) is 4.10. The van der Waals surface area contributed by atoms with E-state index in [9.17, 15) is 10.2 Å². The van der Waals surface area contributed by atoms with Crippen LogP contribution >= 0.6 is 0 Å². The first-order chi connectivity index (χ1) is 5.99. The lowest BCUT2D eigenvalue weighted by molar-refractivity contribution is 0.0293. The highest BCUT2D eigenvalue weighted by Gasteiger charge is 2.24. The van der Waals surface area contributed by atoms with Crippen LogP contribution in [0.25, 0.3) is 0 Å². The Balaban J connectivity index is 2.27. The van der Waals surface area contributed by atoms with Gasteiger partial charge in [-0.3, -0.25) is 0 Å². The molecular weight excluding hydrogens is 164 g/mol. The smallest absolute Gasteiger partial charge is 0.0591 e. The van der Waals surface area contributed by atoms with Crippen LogP contribution in [0.1, 0.15) is 52.4 Å². The van der Waals surface area contributed by atoms with Gasteiger partial charge in [0.1, 0.15) is 0 Å². The summed E-state index contributed by atoms with van der Waals surface area (Å²) in [6.07, 6.45) is 6.15. The molecule has 13 heavy (non-hydrogen) atoms. The predicted octanol–water partition coefficient (Wildman–Crippen LogP) is 2.09. The van der Waals surface area contributed by atoms with Gasteiger partial charge in [-0.25, -0.2) is 0 Å². The van der Waals surface area contributed by atoms with Crippen molar-refractivity contribution in [3.8, 4) is 0 Å². The van der Waals surface area contributed by atoms with Crippen LogP contribution in [0.15, 0.2) is 0 Å². The van der Waals surface area contributed by atoms with Crippen molar-refractivity contribution >= 4 is 0 Å². The predicted molar refractivity (Wildman–Crippen MR) is 53.5 cm³/mol. The van der Waals surface area contributed by atoms with Gasteiger partial charge in [0, 0.05) is 0 Å². The minimum absolute atomic E-state index is 0.115.